The van der Waals surface area contributed by atoms with Crippen LogP contribution in [-0.4, -0.2) is 7.05 Å². The Balaban J connectivity index is 2.16. The molecule has 0 aliphatic carbocycles. The van der Waals surface area contributed by atoms with Gasteiger partial charge < -0.3 is 9.73 Å². The van der Waals surface area contributed by atoms with E-state index in [0.717, 1.165) is 23.6 Å². The maximum absolute atomic E-state index is 5.90. The molecule has 0 saturated heterocycles. The summed E-state index contributed by atoms with van der Waals surface area (Å²) in [5, 5.41) is 5.63. The molecule has 19 heavy (non-hydrogen) atoms. The molecule has 0 atom stereocenters. The molecule has 96 valence electrons. The fourth-order valence-electron chi connectivity index (χ4n) is 2.46. The Morgan fingerprint density at radius 1 is 0.947 bits per heavy atom. The van der Waals surface area contributed by atoms with Gasteiger partial charge in [0, 0.05) is 5.56 Å². The summed E-state index contributed by atoms with van der Waals surface area (Å²) in [6, 6.07) is 16.8. The van der Waals surface area contributed by atoms with E-state index in [0.29, 0.717) is 0 Å². The quantitative estimate of drug-likeness (QED) is 0.757. The third-order valence-corrected chi connectivity index (χ3v) is 3.42. The topological polar surface area (TPSA) is 25.2 Å². The molecule has 0 aliphatic rings. The van der Waals surface area contributed by atoms with Gasteiger partial charge in [-0.2, -0.15) is 0 Å². The van der Waals surface area contributed by atoms with Crippen LogP contribution in [0.25, 0.3) is 22.1 Å². The van der Waals surface area contributed by atoms with Gasteiger partial charge in [-0.15, -0.1) is 0 Å². The van der Waals surface area contributed by atoms with E-state index in [4.69, 9.17) is 4.42 Å². The van der Waals surface area contributed by atoms with Gasteiger partial charge in [0.25, 0.3) is 0 Å². The molecular weight excluding hydrogens is 234 g/mol. The van der Waals surface area contributed by atoms with Crippen molar-refractivity contribution in [3.63, 3.8) is 0 Å². The van der Waals surface area contributed by atoms with Crippen molar-refractivity contribution >= 4 is 10.8 Å². The number of furan rings is 1. The molecule has 0 aliphatic heterocycles. The van der Waals surface area contributed by atoms with E-state index < -0.39 is 0 Å². The molecule has 1 N–H and O–H groups in total. The smallest absolute Gasteiger partial charge is 0.134 e. The van der Waals surface area contributed by atoms with Crippen LogP contribution in [0.2, 0.25) is 0 Å². The summed E-state index contributed by atoms with van der Waals surface area (Å²) in [7, 11) is 1.92. The van der Waals surface area contributed by atoms with Crippen molar-refractivity contribution in [3.05, 3.63) is 59.9 Å². The van der Waals surface area contributed by atoms with Crippen LogP contribution in [0.5, 0.6) is 0 Å². The second-order valence-electron chi connectivity index (χ2n) is 4.77. The third-order valence-electron chi connectivity index (χ3n) is 3.42. The molecule has 0 amide bonds. The van der Waals surface area contributed by atoms with Gasteiger partial charge in [-0.25, -0.2) is 0 Å². The van der Waals surface area contributed by atoms with E-state index in [-0.39, 0.29) is 0 Å². The molecule has 1 heterocycles. The van der Waals surface area contributed by atoms with E-state index in [1.807, 2.05) is 19.2 Å². The number of benzene rings is 2. The molecular formula is C17H17NO. The SMILES string of the molecule is CNCc1ccc(-c2ccc(C)c3ccccc23)o1. The molecule has 2 heteroatoms. The van der Waals surface area contributed by atoms with Gasteiger partial charge >= 0.3 is 0 Å². The minimum absolute atomic E-state index is 0.754. The van der Waals surface area contributed by atoms with Gasteiger partial charge in [-0.05, 0) is 42.4 Å². The molecule has 3 aromatic rings. The van der Waals surface area contributed by atoms with Crippen LogP contribution in [0.4, 0.5) is 0 Å². The van der Waals surface area contributed by atoms with E-state index in [1.165, 1.54) is 16.3 Å². The van der Waals surface area contributed by atoms with Crippen LogP contribution in [0.15, 0.2) is 52.9 Å². The van der Waals surface area contributed by atoms with Crippen LogP contribution in [0, 0.1) is 6.92 Å². The maximum Gasteiger partial charge on any atom is 0.134 e. The summed E-state index contributed by atoms with van der Waals surface area (Å²) in [6.45, 7) is 2.89. The Labute approximate surface area is 113 Å². The largest absolute Gasteiger partial charge is 0.460 e. The van der Waals surface area contributed by atoms with Gasteiger partial charge in [-0.3, -0.25) is 0 Å². The van der Waals surface area contributed by atoms with Crippen LogP contribution in [0.1, 0.15) is 11.3 Å². The molecule has 0 radical (unpaired) electrons. The fraction of sp³-hybridized carbons (Fsp3) is 0.176. The van der Waals surface area contributed by atoms with Crippen molar-refractivity contribution in [2.75, 3.05) is 7.05 Å². The zero-order valence-corrected chi connectivity index (χ0v) is 11.2. The first-order valence-electron chi connectivity index (χ1n) is 6.51. The van der Waals surface area contributed by atoms with Gasteiger partial charge in [0.15, 0.2) is 0 Å². The normalized spacial score (nSPS) is 11.1. The second-order valence-corrected chi connectivity index (χ2v) is 4.77. The predicted octanol–water partition coefficient (Wildman–Crippen LogP) is 4.13. The number of fused-ring (bicyclic) bond motifs is 1. The lowest BCUT2D eigenvalue weighted by atomic mass is 9.99. The standard InChI is InChI=1S/C17H17NO/c1-12-7-9-16(15-6-4-3-5-14(12)15)17-10-8-13(19-17)11-18-2/h3-10,18H,11H2,1-2H3. The highest BCUT2D eigenvalue weighted by Gasteiger charge is 2.09. The zero-order valence-electron chi connectivity index (χ0n) is 11.2. The molecule has 2 aromatic carbocycles. The summed E-state index contributed by atoms with van der Waals surface area (Å²) in [5.74, 6) is 1.89. The molecule has 0 saturated carbocycles. The lowest BCUT2D eigenvalue weighted by Crippen LogP contribution is -2.03. The molecule has 0 spiro atoms. The van der Waals surface area contributed by atoms with Gasteiger partial charge in [-0.1, -0.05) is 36.4 Å². The average molecular weight is 251 g/mol. The summed E-state index contributed by atoms with van der Waals surface area (Å²) < 4.78 is 5.90. The first-order chi connectivity index (χ1) is 9.29. The maximum atomic E-state index is 5.90. The van der Waals surface area contributed by atoms with E-state index in [1.54, 1.807) is 0 Å². The summed E-state index contributed by atoms with van der Waals surface area (Å²) in [5.41, 5.74) is 2.45. The first kappa shape index (κ1) is 12.0. The van der Waals surface area contributed by atoms with Gasteiger partial charge in [0.05, 0.1) is 6.54 Å². The Morgan fingerprint density at radius 3 is 2.53 bits per heavy atom. The summed E-state index contributed by atoms with van der Waals surface area (Å²) in [6.07, 6.45) is 0. The molecule has 0 fully saturated rings. The fourth-order valence-corrected chi connectivity index (χ4v) is 2.46. The number of nitrogens with one attached hydrogen (secondary N) is 1. The Kier molecular flexibility index (Phi) is 3.10. The zero-order chi connectivity index (χ0) is 13.2. The molecule has 2 nitrogen and oxygen atoms in total. The number of aryl methyl sites for hydroxylation is 1. The lowest BCUT2D eigenvalue weighted by Gasteiger charge is -2.07. The second kappa shape index (κ2) is 4.90. The van der Waals surface area contributed by atoms with E-state index in [2.05, 4.69) is 48.6 Å². The molecule has 0 unspecified atom stereocenters. The molecule has 0 bridgehead atoms. The van der Waals surface area contributed by atoms with E-state index >= 15 is 0 Å². The van der Waals surface area contributed by atoms with Crippen molar-refractivity contribution in [1.82, 2.24) is 5.32 Å². The minimum Gasteiger partial charge on any atom is -0.460 e. The van der Waals surface area contributed by atoms with Crippen LogP contribution < -0.4 is 5.32 Å². The average Bonchev–Trinajstić information content (AvgIpc) is 2.88. The van der Waals surface area contributed by atoms with Gasteiger partial charge in [0.1, 0.15) is 11.5 Å². The minimum atomic E-state index is 0.754. The van der Waals surface area contributed by atoms with Crippen molar-refractivity contribution in [1.29, 1.82) is 0 Å². The van der Waals surface area contributed by atoms with Crippen LogP contribution in [0.3, 0.4) is 0 Å². The first-order valence-corrected chi connectivity index (χ1v) is 6.51. The number of hydrogen-bond acceptors (Lipinski definition) is 2. The Hall–Kier alpha value is -2.06. The highest BCUT2D eigenvalue weighted by Crippen LogP contribution is 2.31. The van der Waals surface area contributed by atoms with Gasteiger partial charge in [0.2, 0.25) is 0 Å². The highest BCUT2D eigenvalue weighted by atomic mass is 16.3. The lowest BCUT2D eigenvalue weighted by molar-refractivity contribution is 0.507. The van der Waals surface area contributed by atoms with E-state index in [9.17, 15) is 0 Å². The van der Waals surface area contributed by atoms with Crippen molar-refractivity contribution in [2.45, 2.75) is 13.5 Å². The number of hydrogen-bond donors (Lipinski definition) is 1. The van der Waals surface area contributed by atoms with Crippen molar-refractivity contribution in [2.24, 2.45) is 0 Å². The predicted molar refractivity (Wildman–Crippen MR) is 79.2 cm³/mol. The third kappa shape index (κ3) is 2.15. The van der Waals surface area contributed by atoms with Crippen LogP contribution >= 0.6 is 0 Å². The summed E-state index contributed by atoms with van der Waals surface area (Å²) >= 11 is 0. The Morgan fingerprint density at radius 2 is 1.74 bits per heavy atom. The molecule has 1 aromatic heterocycles. The van der Waals surface area contributed by atoms with Crippen molar-refractivity contribution in [3.8, 4) is 11.3 Å². The molecule has 3 rings (SSSR count). The Bertz CT molecular complexity index is 712. The number of rotatable bonds is 3. The monoisotopic (exact) mass is 251 g/mol. The highest BCUT2D eigenvalue weighted by molar-refractivity contribution is 5.97. The van der Waals surface area contributed by atoms with Crippen LogP contribution in [-0.2, 0) is 6.54 Å². The van der Waals surface area contributed by atoms with Crippen molar-refractivity contribution < 1.29 is 4.42 Å². The summed E-state index contributed by atoms with van der Waals surface area (Å²) in [4.78, 5) is 0.